The van der Waals surface area contributed by atoms with Gasteiger partial charge in [0.2, 0.25) is 0 Å². The second kappa shape index (κ2) is 9.91. The number of carbonyl (C=O) groups excluding carboxylic acids is 1. The predicted octanol–water partition coefficient (Wildman–Crippen LogP) is 6.07. The molecule has 1 atom stereocenters. The van der Waals surface area contributed by atoms with Crippen molar-refractivity contribution in [1.29, 1.82) is 0 Å². The van der Waals surface area contributed by atoms with E-state index in [1.165, 1.54) is 18.3 Å². The number of aliphatic hydroxyl groups excluding tert-OH is 1. The van der Waals surface area contributed by atoms with E-state index in [2.05, 4.69) is 21.0 Å². The molecule has 0 aliphatic carbocycles. The summed E-state index contributed by atoms with van der Waals surface area (Å²) in [6.07, 6.45) is 2.02. The molecule has 1 unspecified atom stereocenters. The first-order valence-corrected chi connectivity index (χ1v) is 10.5. The van der Waals surface area contributed by atoms with Crippen molar-refractivity contribution in [3.63, 3.8) is 0 Å². The lowest BCUT2D eigenvalue weighted by Gasteiger charge is -2.16. The summed E-state index contributed by atoms with van der Waals surface area (Å²) in [6.45, 7) is 0. The summed E-state index contributed by atoms with van der Waals surface area (Å²) in [5.41, 5.74) is 2.50. The van der Waals surface area contributed by atoms with Crippen LogP contribution >= 0.6 is 23.2 Å². The van der Waals surface area contributed by atoms with Gasteiger partial charge in [0.15, 0.2) is 6.23 Å². The molecule has 2 amide bonds. The SMILES string of the molecule is O=C(Nc1cnn(-c2cccc(C(O)Nc3ccc(Cl)c(F)c3)c2)c1)Nc1ccccc1Cl. The quantitative estimate of drug-likeness (QED) is 0.249. The second-order valence-corrected chi connectivity index (χ2v) is 7.82. The molecule has 0 saturated carbocycles. The normalized spacial score (nSPS) is 11.6. The maximum Gasteiger partial charge on any atom is 0.323 e. The smallest absolute Gasteiger partial charge is 0.323 e. The number of hydrogen-bond acceptors (Lipinski definition) is 4. The van der Waals surface area contributed by atoms with Gasteiger partial charge in [-0.05, 0) is 42.5 Å². The van der Waals surface area contributed by atoms with E-state index in [1.807, 2.05) is 0 Å². The fourth-order valence-corrected chi connectivity index (χ4v) is 3.34. The fourth-order valence-electron chi connectivity index (χ4n) is 3.04. The van der Waals surface area contributed by atoms with Crippen LogP contribution in [0.1, 0.15) is 11.8 Å². The Kier molecular flexibility index (Phi) is 6.79. The maximum atomic E-state index is 13.6. The number of rotatable bonds is 6. The third-order valence-electron chi connectivity index (χ3n) is 4.64. The zero-order valence-corrected chi connectivity index (χ0v) is 18.5. The van der Waals surface area contributed by atoms with Crippen molar-refractivity contribution in [3.05, 3.63) is 101 Å². The van der Waals surface area contributed by atoms with Crippen LogP contribution in [0, 0.1) is 5.82 Å². The molecular weight excluding hydrogens is 468 g/mol. The molecule has 4 aromatic rings. The number of urea groups is 1. The molecule has 1 heterocycles. The minimum atomic E-state index is -1.10. The lowest BCUT2D eigenvalue weighted by Crippen LogP contribution is -2.19. The van der Waals surface area contributed by atoms with E-state index in [4.69, 9.17) is 23.2 Å². The number of nitrogens with one attached hydrogen (secondary N) is 3. The van der Waals surface area contributed by atoms with Gasteiger partial charge in [-0.3, -0.25) is 0 Å². The van der Waals surface area contributed by atoms with E-state index < -0.39 is 18.1 Å². The Bertz CT molecular complexity index is 1300. The number of carbonyl (C=O) groups is 1. The van der Waals surface area contributed by atoms with Gasteiger partial charge in [-0.25, -0.2) is 13.9 Å². The van der Waals surface area contributed by atoms with Crippen molar-refractivity contribution in [2.75, 3.05) is 16.0 Å². The van der Waals surface area contributed by atoms with Crippen molar-refractivity contribution < 1.29 is 14.3 Å². The minimum Gasteiger partial charge on any atom is -0.369 e. The lowest BCUT2D eigenvalue weighted by molar-refractivity contribution is 0.208. The molecule has 168 valence electrons. The third kappa shape index (κ3) is 5.61. The monoisotopic (exact) mass is 485 g/mol. The number of aliphatic hydroxyl groups is 1. The summed E-state index contributed by atoms with van der Waals surface area (Å²) in [7, 11) is 0. The van der Waals surface area contributed by atoms with Crippen molar-refractivity contribution in [2.24, 2.45) is 0 Å². The molecule has 33 heavy (non-hydrogen) atoms. The van der Waals surface area contributed by atoms with Crippen LogP contribution in [0.3, 0.4) is 0 Å². The number of benzene rings is 3. The first kappa shape index (κ1) is 22.6. The van der Waals surface area contributed by atoms with Crippen LogP contribution in [0.25, 0.3) is 5.69 Å². The zero-order chi connectivity index (χ0) is 23.4. The highest BCUT2D eigenvalue weighted by atomic mass is 35.5. The number of nitrogens with zero attached hydrogens (tertiary/aromatic N) is 2. The highest BCUT2D eigenvalue weighted by Crippen LogP contribution is 2.24. The molecule has 7 nitrogen and oxygen atoms in total. The molecule has 0 aliphatic rings. The van der Waals surface area contributed by atoms with Gasteiger partial charge in [0.05, 0.1) is 39.5 Å². The van der Waals surface area contributed by atoms with Gasteiger partial charge in [0.25, 0.3) is 0 Å². The van der Waals surface area contributed by atoms with E-state index >= 15 is 0 Å². The van der Waals surface area contributed by atoms with Gasteiger partial charge in [0, 0.05) is 11.3 Å². The number of aromatic nitrogens is 2. The van der Waals surface area contributed by atoms with Crippen LogP contribution in [0.2, 0.25) is 10.0 Å². The Morgan fingerprint density at radius 2 is 1.79 bits per heavy atom. The average Bonchev–Trinajstić information content (AvgIpc) is 3.26. The molecule has 0 aliphatic heterocycles. The first-order valence-electron chi connectivity index (χ1n) is 9.76. The molecule has 0 radical (unpaired) electrons. The van der Waals surface area contributed by atoms with Crippen LogP contribution in [0.15, 0.2) is 79.1 Å². The molecule has 4 N–H and O–H groups in total. The van der Waals surface area contributed by atoms with Gasteiger partial charge in [-0.2, -0.15) is 5.10 Å². The molecule has 1 aromatic heterocycles. The Labute approximate surface area is 198 Å². The van der Waals surface area contributed by atoms with Crippen LogP contribution in [0.4, 0.5) is 26.2 Å². The van der Waals surface area contributed by atoms with Crippen LogP contribution in [-0.2, 0) is 0 Å². The molecule has 0 saturated heterocycles. The first-order chi connectivity index (χ1) is 15.9. The predicted molar refractivity (Wildman–Crippen MR) is 128 cm³/mol. The minimum absolute atomic E-state index is 0.000630. The standard InChI is InChI=1S/C23H18Cl2FN5O2/c24-18-9-8-15(11-20(18)26)28-22(32)14-4-3-5-17(10-14)31-13-16(12-27-31)29-23(33)30-21-7-2-1-6-19(21)25/h1-13,22,28,32H,(H2,29,30,33). The lowest BCUT2D eigenvalue weighted by atomic mass is 10.1. The summed E-state index contributed by atoms with van der Waals surface area (Å²) in [4.78, 5) is 12.2. The molecule has 4 rings (SSSR count). The number of hydrogen-bond donors (Lipinski definition) is 4. The molecular formula is C23H18Cl2FN5O2. The molecule has 0 bridgehead atoms. The number of anilines is 3. The summed E-state index contributed by atoms with van der Waals surface area (Å²) < 4.78 is 15.2. The molecule has 0 spiro atoms. The van der Waals surface area contributed by atoms with Gasteiger partial charge >= 0.3 is 6.03 Å². The highest BCUT2D eigenvalue weighted by molar-refractivity contribution is 6.33. The largest absolute Gasteiger partial charge is 0.369 e. The Balaban J connectivity index is 1.43. The topological polar surface area (TPSA) is 91.2 Å². The van der Waals surface area contributed by atoms with Crippen LogP contribution in [0.5, 0.6) is 0 Å². The maximum absolute atomic E-state index is 13.6. The number of amides is 2. The van der Waals surface area contributed by atoms with E-state index in [0.717, 1.165) is 0 Å². The summed E-state index contributed by atoms with van der Waals surface area (Å²) in [6, 6.07) is 17.6. The summed E-state index contributed by atoms with van der Waals surface area (Å²) in [5, 5.41) is 23.4. The number of para-hydroxylation sites is 1. The Hall–Kier alpha value is -3.59. The van der Waals surface area contributed by atoms with Crippen molar-refractivity contribution in [2.45, 2.75) is 6.23 Å². The van der Waals surface area contributed by atoms with Gasteiger partial charge in [0.1, 0.15) is 5.82 Å². The Morgan fingerprint density at radius 1 is 0.970 bits per heavy atom. The van der Waals surface area contributed by atoms with E-state index in [0.29, 0.717) is 33.3 Å². The molecule has 0 fully saturated rings. The summed E-state index contributed by atoms with van der Waals surface area (Å²) >= 11 is 11.7. The van der Waals surface area contributed by atoms with Gasteiger partial charge in [-0.15, -0.1) is 0 Å². The zero-order valence-electron chi connectivity index (χ0n) is 17.0. The van der Waals surface area contributed by atoms with E-state index in [1.54, 1.807) is 65.5 Å². The van der Waals surface area contributed by atoms with Crippen LogP contribution in [-0.4, -0.2) is 20.9 Å². The van der Waals surface area contributed by atoms with Gasteiger partial charge < -0.3 is 21.1 Å². The van der Waals surface area contributed by atoms with Crippen molar-refractivity contribution >= 4 is 46.3 Å². The number of halogens is 3. The van der Waals surface area contributed by atoms with Crippen molar-refractivity contribution in [1.82, 2.24) is 9.78 Å². The van der Waals surface area contributed by atoms with Gasteiger partial charge in [-0.1, -0.05) is 47.5 Å². The Morgan fingerprint density at radius 3 is 2.58 bits per heavy atom. The van der Waals surface area contributed by atoms with Crippen molar-refractivity contribution in [3.8, 4) is 5.69 Å². The molecule has 3 aromatic carbocycles. The van der Waals surface area contributed by atoms with Crippen LogP contribution < -0.4 is 16.0 Å². The van der Waals surface area contributed by atoms with E-state index in [9.17, 15) is 14.3 Å². The average molecular weight is 486 g/mol. The fraction of sp³-hybridized carbons (Fsp3) is 0.0435. The summed E-state index contributed by atoms with van der Waals surface area (Å²) in [5.74, 6) is -0.585. The second-order valence-electron chi connectivity index (χ2n) is 7.00. The highest BCUT2D eigenvalue weighted by Gasteiger charge is 2.12. The molecule has 10 heteroatoms. The van der Waals surface area contributed by atoms with E-state index in [-0.39, 0.29) is 5.02 Å². The third-order valence-corrected chi connectivity index (χ3v) is 5.27.